The molecular weight excluding hydrogens is 676 g/mol. The predicted molar refractivity (Wildman–Crippen MR) is 174 cm³/mol. The molecule has 0 spiro atoms. The Morgan fingerprint density at radius 2 is 1.58 bits per heavy atom. The van der Waals surface area contributed by atoms with Gasteiger partial charge in [0.15, 0.2) is 23.2 Å². The van der Waals surface area contributed by atoms with Crippen LogP contribution in [0.1, 0.15) is 36.3 Å². The molecule has 3 heterocycles. The third kappa shape index (κ3) is 6.40. The Hall–Kier alpha value is -6.25. The number of rotatable bonds is 12. The summed E-state index contributed by atoms with van der Waals surface area (Å²) in [6.07, 6.45) is -0.925. The number of carbonyl (C=O) groups excluding carboxylic acids is 4. The number of amides is 1. The van der Waals surface area contributed by atoms with Gasteiger partial charge in [0.05, 0.1) is 5.97 Å². The second-order valence-electron chi connectivity index (χ2n) is 12.4. The number of aromatic nitrogens is 1. The second-order valence-corrected chi connectivity index (χ2v) is 12.4. The van der Waals surface area contributed by atoms with Crippen LogP contribution in [0.2, 0.25) is 0 Å². The number of nitrogens with zero attached hydrogens (tertiary/aromatic N) is 2. The molecule has 0 N–H and O–H groups in total. The fraction of sp³-hybridized carbons (Fsp3) is 0.237. The van der Waals surface area contributed by atoms with E-state index in [9.17, 15) is 34.5 Å². The molecule has 1 fully saturated rings. The van der Waals surface area contributed by atoms with Crippen molar-refractivity contribution in [2.24, 2.45) is 0 Å². The first-order chi connectivity index (χ1) is 25.0. The van der Waals surface area contributed by atoms with E-state index in [1.54, 1.807) is 43.3 Å². The van der Waals surface area contributed by atoms with Gasteiger partial charge in [0.2, 0.25) is 12.7 Å². The first-order valence-electron chi connectivity index (χ1n) is 16.2. The molecule has 1 amide bonds. The number of carboxylic acid groups (broad SMARTS) is 3. The third-order valence-corrected chi connectivity index (χ3v) is 9.18. The van der Waals surface area contributed by atoms with Crippen LogP contribution in [-0.4, -0.2) is 64.5 Å². The van der Waals surface area contributed by atoms with Crippen molar-refractivity contribution < 1.29 is 57.9 Å². The van der Waals surface area contributed by atoms with Crippen LogP contribution in [-0.2, 0) is 35.2 Å². The van der Waals surface area contributed by atoms with E-state index in [0.29, 0.717) is 39.6 Å². The van der Waals surface area contributed by atoms with E-state index in [1.807, 2.05) is 60.7 Å². The van der Waals surface area contributed by atoms with Gasteiger partial charge in [0, 0.05) is 18.5 Å². The molecule has 5 aromatic rings. The number of allylic oxidation sites excluding steroid dienone is 1. The van der Waals surface area contributed by atoms with Crippen LogP contribution in [0.4, 0.5) is 0 Å². The van der Waals surface area contributed by atoms with E-state index < -0.39 is 53.8 Å². The molecule has 14 nitrogen and oxygen atoms in total. The Labute approximate surface area is 295 Å². The summed E-state index contributed by atoms with van der Waals surface area (Å²) in [5, 5.41) is 37.8. The standard InChI is InChI=1S/C38H32N2O12/c1-21(26(25-15-16-29-30(18-25)49-20-48-29)9-6-12-31-39-27-10-4-5-11-28(27)50-31)40(19-22-13-14-23-7-2-3-8-24(23)17-22)34(41)32-33(35(42)43)52-38(51-32,36(44)45)37(46)47/h2-8,10-18,21,26,32-33H,9,19-20H2,1H3,(H,42,43)(H,44,45)(H,46,47)/p-3/b12-6+/t21-,26-,32+,33+/m0/s1. The molecule has 266 valence electrons. The minimum atomic E-state index is -3.68. The molecular formula is C38H29N2O12-3. The Bertz CT molecular complexity index is 2180. The van der Waals surface area contributed by atoms with E-state index in [4.69, 9.17) is 23.4 Å². The van der Waals surface area contributed by atoms with Crippen LogP contribution >= 0.6 is 0 Å². The van der Waals surface area contributed by atoms with Gasteiger partial charge in [-0.15, -0.1) is 0 Å². The van der Waals surface area contributed by atoms with Crippen molar-refractivity contribution in [3.05, 3.63) is 108 Å². The number of carboxylic acids is 3. The molecule has 4 aromatic carbocycles. The number of aliphatic carboxylic acids is 3. The number of fused-ring (bicyclic) bond motifs is 3. The predicted octanol–water partition coefficient (Wildman–Crippen LogP) is 1.04. The number of carbonyl (C=O) groups is 4. The molecule has 14 heteroatoms. The monoisotopic (exact) mass is 705 g/mol. The average Bonchev–Trinajstić information content (AvgIpc) is 3.89. The summed E-state index contributed by atoms with van der Waals surface area (Å²) >= 11 is 0. The van der Waals surface area contributed by atoms with Crippen LogP contribution < -0.4 is 24.8 Å². The molecule has 52 heavy (non-hydrogen) atoms. The number of ether oxygens (including phenoxy) is 4. The number of hydrogen-bond acceptors (Lipinski definition) is 13. The summed E-state index contributed by atoms with van der Waals surface area (Å²) in [6.45, 7) is 1.60. The molecule has 4 atom stereocenters. The van der Waals surface area contributed by atoms with Crippen LogP contribution in [0, 0.1) is 0 Å². The zero-order chi connectivity index (χ0) is 36.6. The number of hydrogen-bond donors (Lipinski definition) is 0. The molecule has 0 unspecified atom stereocenters. The van der Waals surface area contributed by atoms with Gasteiger partial charge in [0.1, 0.15) is 23.6 Å². The lowest BCUT2D eigenvalue weighted by Gasteiger charge is -2.37. The average molecular weight is 706 g/mol. The summed E-state index contributed by atoms with van der Waals surface area (Å²) in [5.41, 5.74) is 2.59. The molecule has 2 aliphatic rings. The number of para-hydroxylation sites is 2. The van der Waals surface area contributed by atoms with Crippen molar-refractivity contribution in [1.29, 1.82) is 0 Å². The van der Waals surface area contributed by atoms with E-state index >= 15 is 0 Å². The SMILES string of the molecule is C[C@@H]([C@H](C/C=C/c1nc2ccccc2o1)c1ccc2c(c1)OCO2)N(Cc1ccc2ccccc2c1)C(=O)[C@@H]1OC(C(=O)[O-])(C(=O)[O-])O[C@H]1C(=O)[O-]. The summed E-state index contributed by atoms with van der Waals surface area (Å²) < 4.78 is 26.9. The fourth-order valence-corrected chi connectivity index (χ4v) is 6.51. The van der Waals surface area contributed by atoms with Crippen molar-refractivity contribution in [3.63, 3.8) is 0 Å². The maximum atomic E-state index is 14.5. The smallest absolute Gasteiger partial charge is 0.255 e. The van der Waals surface area contributed by atoms with Gasteiger partial charge in [-0.3, -0.25) is 4.79 Å². The van der Waals surface area contributed by atoms with E-state index in [0.717, 1.165) is 10.8 Å². The Balaban J connectivity index is 1.29. The number of oxazole rings is 1. The van der Waals surface area contributed by atoms with Crippen molar-refractivity contribution in [1.82, 2.24) is 9.88 Å². The normalized spacial score (nSPS) is 18.8. The quantitative estimate of drug-likeness (QED) is 0.167. The highest BCUT2D eigenvalue weighted by atomic mass is 16.8. The zero-order valence-electron chi connectivity index (χ0n) is 27.5. The van der Waals surface area contributed by atoms with Gasteiger partial charge in [-0.05, 0) is 71.7 Å². The first kappa shape index (κ1) is 34.2. The molecule has 1 aromatic heterocycles. The Kier molecular flexibility index (Phi) is 9.09. The van der Waals surface area contributed by atoms with Gasteiger partial charge in [-0.2, -0.15) is 0 Å². The highest BCUT2D eigenvalue weighted by Gasteiger charge is 2.55. The molecule has 1 saturated heterocycles. The molecule has 0 saturated carbocycles. The second kappa shape index (κ2) is 13.8. The molecule has 7 rings (SSSR count). The maximum Gasteiger partial charge on any atom is 0.255 e. The summed E-state index contributed by atoms with van der Waals surface area (Å²) in [7, 11) is 0. The lowest BCUT2D eigenvalue weighted by molar-refractivity contribution is -0.375. The minimum absolute atomic E-state index is 0.0193. The Morgan fingerprint density at radius 3 is 2.33 bits per heavy atom. The van der Waals surface area contributed by atoms with E-state index in [-0.39, 0.29) is 19.8 Å². The zero-order valence-corrected chi connectivity index (χ0v) is 27.5. The van der Waals surface area contributed by atoms with Gasteiger partial charge in [0.25, 0.3) is 11.7 Å². The number of benzene rings is 4. The van der Waals surface area contributed by atoms with Crippen LogP contribution in [0.3, 0.4) is 0 Å². The van der Waals surface area contributed by atoms with Crippen molar-refractivity contribution >= 4 is 51.8 Å². The van der Waals surface area contributed by atoms with Crippen LogP contribution in [0.5, 0.6) is 11.5 Å². The third-order valence-electron chi connectivity index (χ3n) is 9.18. The topological polar surface area (TPSA) is 204 Å². The van der Waals surface area contributed by atoms with Crippen molar-refractivity contribution in [2.45, 2.75) is 49.8 Å². The van der Waals surface area contributed by atoms with Gasteiger partial charge in [-0.25, -0.2) is 4.98 Å². The van der Waals surface area contributed by atoms with Crippen molar-refractivity contribution in [3.8, 4) is 11.5 Å². The molecule has 0 bridgehead atoms. The van der Waals surface area contributed by atoms with E-state index in [2.05, 4.69) is 4.98 Å². The molecule has 2 aliphatic heterocycles. The molecule has 0 radical (unpaired) electrons. The van der Waals surface area contributed by atoms with Crippen molar-refractivity contribution in [2.75, 3.05) is 6.79 Å². The van der Waals surface area contributed by atoms with Gasteiger partial charge in [-0.1, -0.05) is 60.7 Å². The van der Waals surface area contributed by atoms with Gasteiger partial charge >= 0.3 is 0 Å². The molecule has 0 aliphatic carbocycles. The highest BCUT2D eigenvalue weighted by molar-refractivity contribution is 6.00. The fourth-order valence-electron chi connectivity index (χ4n) is 6.51. The first-order valence-corrected chi connectivity index (χ1v) is 16.2. The van der Waals surface area contributed by atoms with Crippen LogP contribution in [0.15, 0.2) is 95.4 Å². The maximum absolute atomic E-state index is 14.5. The Morgan fingerprint density at radius 1 is 0.865 bits per heavy atom. The lowest BCUT2D eigenvalue weighted by atomic mass is 9.87. The largest absolute Gasteiger partial charge is 0.547 e. The minimum Gasteiger partial charge on any atom is -0.547 e. The lowest BCUT2D eigenvalue weighted by Crippen LogP contribution is -2.61. The van der Waals surface area contributed by atoms with Gasteiger partial charge < -0.3 is 58.0 Å². The summed E-state index contributed by atoms with van der Waals surface area (Å²) in [5.74, 6) is -10.9. The summed E-state index contributed by atoms with van der Waals surface area (Å²) in [4.78, 5) is 56.4. The summed E-state index contributed by atoms with van der Waals surface area (Å²) in [6, 6.07) is 24.8. The van der Waals surface area contributed by atoms with E-state index in [1.165, 1.54) is 4.90 Å². The highest BCUT2D eigenvalue weighted by Crippen LogP contribution is 2.39. The van der Waals surface area contributed by atoms with Crippen LogP contribution in [0.25, 0.3) is 27.9 Å².